The third kappa shape index (κ3) is 3.54. The standard InChI is InChI=1S/C21H28N4O3/c1-5-11-24-18(27)16-17(23(12-13-26)20(24)28)22-19(21(2,3)4)25(16)14-15-9-7-6-8-10-15/h6-10,26H,5,11-14H2,1-4H3. The van der Waals surface area contributed by atoms with Crippen molar-refractivity contribution in [2.45, 2.75) is 59.2 Å². The fourth-order valence-corrected chi connectivity index (χ4v) is 3.51. The number of aromatic nitrogens is 4. The number of aliphatic hydroxyl groups excluding tert-OH is 1. The lowest BCUT2D eigenvalue weighted by atomic mass is 9.95. The molecule has 1 N–H and O–H groups in total. The number of rotatable bonds is 6. The molecule has 3 rings (SSSR count). The molecule has 150 valence electrons. The number of benzene rings is 1. The summed E-state index contributed by atoms with van der Waals surface area (Å²) in [7, 11) is 0. The van der Waals surface area contributed by atoms with Crippen LogP contribution in [0.25, 0.3) is 11.2 Å². The van der Waals surface area contributed by atoms with Gasteiger partial charge in [0, 0.05) is 18.5 Å². The average Bonchev–Trinajstić information content (AvgIpc) is 3.03. The summed E-state index contributed by atoms with van der Waals surface area (Å²) in [4.78, 5) is 30.9. The quantitative estimate of drug-likeness (QED) is 0.706. The highest BCUT2D eigenvalue weighted by molar-refractivity contribution is 5.71. The van der Waals surface area contributed by atoms with Crippen molar-refractivity contribution < 1.29 is 5.11 Å². The van der Waals surface area contributed by atoms with Crippen LogP contribution in [-0.4, -0.2) is 30.4 Å². The maximum absolute atomic E-state index is 13.3. The fraction of sp³-hybridized carbons (Fsp3) is 0.476. The predicted molar refractivity (Wildman–Crippen MR) is 110 cm³/mol. The van der Waals surface area contributed by atoms with Gasteiger partial charge in [0.15, 0.2) is 11.2 Å². The summed E-state index contributed by atoms with van der Waals surface area (Å²) in [5.74, 6) is 0.740. The minimum atomic E-state index is -0.418. The molecule has 0 atom stereocenters. The van der Waals surface area contributed by atoms with E-state index in [4.69, 9.17) is 4.98 Å². The zero-order valence-corrected chi connectivity index (χ0v) is 17.0. The van der Waals surface area contributed by atoms with Crippen molar-refractivity contribution in [3.63, 3.8) is 0 Å². The topological polar surface area (TPSA) is 82.1 Å². The van der Waals surface area contributed by atoms with Crippen LogP contribution in [0.1, 0.15) is 45.5 Å². The minimum absolute atomic E-state index is 0.102. The van der Waals surface area contributed by atoms with Crippen LogP contribution in [0.2, 0.25) is 0 Å². The van der Waals surface area contributed by atoms with Gasteiger partial charge in [-0.25, -0.2) is 9.78 Å². The zero-order valence-electron chi connectivity index (χ0n) is 17.0. The van der Waals surface area contributed by atoms with Crippen molar-refractivity contribution in [2.24, 2.45) is 0 Å². The summed E-state index contributed by atoms with van der Waals surface area (Å²) in [6.45, 7) is 8.76. The number of hydrogen-bond acceptors (Lipinski definition) is 4. The molecule has 7 nitrogen and oxygen atoms in total. The Labute approximate surface area is 163 Å². The molecule has 0 spiro atoms. The van der Waals surface area contributed by atoms with Gasteiger partial charge in [0.2, 0.25) is 0 Å². The van der Waals surface area contributed by atoms with E-state index >= 15 is 0 Å². The molecule has 1 aromatic carbocycles. The molecule has 0 aliphatic carbocycles. The third-order valence-electron chi connectivity index (χ3n) is 4.74. The summed E-state index contributed by atoms with van der Waals surface area (Å²) >= 11 is 0. The van der Waals surface area contributed by atoms with E-state index in [0.717, 1.165) is 11.4 Å². The van der Waals surface area contributed by atoms with Gasteiger partial charge in [0.05, 0.1) is 13.2 Å². The van der Waals surface area contributed by atoms with Crippen molar-refractivity contribution in [3.05, 3.63) is 62.6 Å². The monoisotopic (exact) mass is 384 g/mol. The largest absolute Gasteiger partial charge is 0.395 e. The molecule has 0 aliphatic rings. The van der Waals surface area contributed by atoms with Gasteiger partial charge in [-0.15, -0.1) is 0 Å². The molecular formula is C21H28N4O3. The summed E-state index contributed by atoms with van der Waals surface area (Å²) in [6.07, 6.45) is 0.665. The molecule has 0 saturated carbocycles. The summed E-state index contributed by atoms with van der Waals surface area (Å²) < 4.78 is 4.60. The van der Waals surface area contributed by atoms with Crippen molar-refractivity contribution in [3.8, 4) is 0 Å². The Morgan fingerprint density at radius 3 is 2.25 bits per heavy atom. The summed E-state index contributed by atoms with van der Waals surface area (Å²) in [6, 6.07) is 9.89. The molecule has 3 aromatic rings. The summed E-state index contributed by atoms with van der Waals surface area (Å²) in [5, 5.41) is 9.48. The molecule has 0 aliphatic heterocycles. The van der Waals surface area contributed by atoms with Crippen LogP contribution in [0.5, 0.6) is 0 Å². The Morgan fingerprint density at radius 2 is 1.68 bits per heavy atom. The maximum atomic E-state index is 13.3. The van der Waals surface area contributed by atoms with E-state index in [2.05, 4.69) is 0 Å². The van der Waals surface area contributed by atoms with Crippen molar-refractivity contribution in [1.82, 2.24) is 18.7 Å². The first-order valence-electron chi connectivity index (χ1n) is 9.68. The van der Waals surface area contributed by atoms with Crippen molar-refractivity contribution >= 4 is 11.2 Å². The maximum Gasteiger partial charge on any atom is 0.332 e. The second-order valence-electron chi connectivity index (χ2n) is 8.04. The molecule has 2 heterocycles. The van der Waals surface area contributed by atoms with Crippen molar-refractivity contribution in [1.29, 1.82) is 0 Å². The Balaban J connectivity index is 2.41. The third-order valence-corrected chi connectivity index (χ3v) is 4.74. The number of aliphatic hydroxyl groups is 1. The normalized spacial score (nSPS) is 12.0. The molecule has 0 unspecified atom stereocenters. The predicted octanol–water partition coefficient (Wildman–Crippen LogP) is 2.11. The molecule has 0 saturated heterocycles. The SMILES string of the molecule is CCCn1c(=O)c2c(nc(C(C)(C)C)n2Cc2ccccc2)n(CCO)c1=O. The van der Waals surface area contributed by atoms with E-state index in [0.29, 0.717) is 30.7 Å². The van der Waals surface area contributed by atoms with Gasteiger partial charge >= 0.3 is 5.69 Å². The Bertz CT molecular complexity index is 1090. The van der Waals surface area contributed by atoms with Gasteiger partial charge in [-0.05, 0) is 12.0 Å². The lowest BCUT2D eigenvalue weighted by molar-refractivity contribution is 0.273. The van der Waals surface area contributed by atoms with E-state index in [-0.39, 0.29) is 24.1 Å². The van der Waals surface area contributed by atoms with Crippen LogP contribution in [0.15, 0.2) is 39.9 Å². The fourth-order valence-electron chi connectivity index (χ4n) is 3.51. The molecule has 7 heteroatoms. The first-order valence-corrected chi connectivity index (χ1v) is 9.68. The van der Waals surface area contributed by atoms with Crippen LogP contribution in [-0.2, 0) is 25.0 Å². The van der Waals surface area contributed by atoms with Crippen LogP contribution < -0.4 is 11.2 Å². The molecule has 28 heavy (non-hydrogen) atoms. The first kappa shape index (κ1) is 20.1. The van der Waals surface area contributed by atoms with Gasteiger partial charge in [-0.3, -0.25) is 13.9 Å². The van der Waals surface area contributed by atoms with Gasteiger partial charge < -0.3 is 9.67 Å². The highest BCUT2D eigenvalue weighted by Gasteiger charge is 2.27. The van der Waals surface area contributed by atoms with E-state index < -0.39 is 5.69 Å². The van der Waals surface area contributed by atoms with Gasteiger partial charge in [-0.2, -0.15) is 0 Å². The van der Waals surface area contributed by atoms with Crippen LogP contribution in [0.3, 0.4) is 0 Å². The Morgan fingerprint density at radius 1 is 1.00 bits per heavy atom. The van der Waals surface area contributed by atoms with Gasteiger partial charge in [-0.1, -0.05) is 58.0 Å². The lowest BCUT2D eigenvalue weighted by Gasteiger charge is -2.20. The Hall–Kier alpha value is -2.67. The van der Waals surface area contributed by atoms with Crippen LogP contribution >= 0.6 is 0 Å². The first-order chi connectivity index (χ1) is 13.3. The van der Waals surface area contributed by atoms with E-state index in [1.807, 2.05) is 62.6 Å². The molecular weight excluding hydrogens is 356 g/mol. The number of nitrogens with zero attached hydrogens (tertiary/aromatic N) is 4. The molecule has 0 amide bonds. The van der Waals surface area contributed by atoms with Crippen molar-refractivity contribution in [2.75, 3.05) is 6.61 Å². The van der Waals surface area contributed by atoms with E-state index in [1.165, 1.54) is 9.13 Å². The lowest BCUT2D eigenvalue weighted by Crippen LogP contribution is -2.41. The second-order valence-corrected chi connectivity index (χ2v) is 8.04. The van der Waals surface area contributed by atoms with Crippen LogP contribution in [0, 0.1) is 0 Å². The second kappa shape index (κ2) is 7.75. The highest BCUT2D eigenvalue weighted by Crippen LogP contribution is 2.25. The smallest absolute Gasteiger partial charge is 0.332 e. The molecule has 0 bridgehead atoms. The van der Waals surface area contributed by atoms with Gasteiger partial charge in [0.25, 0.3) is 5.56 Å². The summed E-state index contributed by atoms with van der Waals surface area (Å²) in [5.41, 5.74) is 0.741. The molecule has 0 fully saturated rings. The number of imidazole rings is 1. The Kier molecular flexibility index (Phi) is 5.56. The van der Waals surface area contributed by atoms with Gasteiger partial charge in [0.1, 0.15) is 5.82 Å². The zero-order chi connectivity index (χ0) is 20.5. The number of hydrogen-bond donors (Lipinski definition) is 1. The molecule has 0 radical (unpaired) electrons. The molecule has 2 aromatic heterocycles. The van der Waals surface area contributed by atoms with E-state index in [9.17, 15) is 14.7 Å². The highest BCUT2D eigenvalue weighted by atomic mass is 16.3. The van der Waals surface area contributed by atoms with E-state index in [1.54, 1.807) is 0 Å². The average molecular weight is 384 g/mol. The minimum Gasteiger partial charge on any atom is -0.395 e. The number of fused-ring (bicyclic) bond motifs is 1. The van der Waals surface area contributed by atoms with Crippen LogP contribution in [0.4, 0.5) is 0 Å².